The van der Waals surface area contributed by atoms with Crippen LogP contribution >= 0.6 is 9.39 Å². The fraction of sp³-hybridized carbons (Fsp3) is 1.00. The molecule has 0 aromatic rings. The average molecular weight is 90.1 g/mol. The van der Waals surface area contributed by atoms with Gasteiger partial charge in [0.05, 0.1) is 0 Å². The van der Waals surface area contributed by atoms with Crippen LogP contribution in [0.2, 0.25) is 0 Å². The zero-order valence-corrected chi connectivity index (χ0v) is 4.65. The molecule has 0 bridgehead atoms. The molecule has 0 spiro atoms. The first-order valence-electron chi connectivity index (χ1n) is 1.69. The summed E-state index contributed by atoms with van der Waals surface area (Å²) in [6, 6.07) is 0. The van der Waals surface area contributed by atoms with Gasteiger partial charge in [-0.05, 0) is 23.0 Å². The van der Waals surface area contributed by atoms with Gasteiger partial charge in [0.1, 0.15) is 0 Å². The van der Waals surface area contributed by atoms with Gasteiger partial charge in [-0.1, -0.05) is 6.92 Å². The van der Waals surface area contributed by atoms with Gasteiger partial charge in [0, 0.05) is 0 Å². The van der Waals surface area contributed by atoms with Crippen molar-refractivity contribution in [3.8, 4) is 0 Å². The Kier molecular flexibility index (Phi) is 2.82. The maximum Gasteiger partial charge on any atom is -0.000959 e. The quantitative estimate of drug-likeness (QED) is 0.434. The van der Waals surface area contributed by atoms with Gasteiger partial charge in [-0.25, -0.2) is 0 Å². The van der Waals surface area contributed by atoms with Crippen LogP contribution in [0.15, 0.2) is 0 Å². The van der Waals surface area contributed by atoms with Gasteiger partial charge >= 0.3 is 0 Å². The van der Waals surface area contributed by atoms with Crippen molar-refractivity contribution in [2.75, 3.05) is 13.6 Å². The molecule has 0 saturated carbocycles. The molecule has 0 aliphatic rings. The van der Waals surface area contributed by atoms with E-state index in [1.54, 1.807) is 0 Å². The number of hydrogen-bond acceptors (Lipinski definition) is 1. The molecule has 0 aromatic carbocycles. The van der Waals surface area contributed by atoms with E-state index in [4.69, 9.17) is 0 Å². The smallest absolute Gasteiger partial charge is 0.000959 e. The molecular weight excluding hydrogens is 81.0 g/mol. The molecule has 0 unspecified atom stereocenters. The Morgan fingerprint density at radius 1 is 1.80 bits per heavy atom. The topological polar surface area (TPSA) is 3.24 Å². The zero-order valence-electron chi connectivity index (χ0n) is 3.65. The van der Waals surface area contributed by atoms with Gasteiger partial charge in [0.2, 0.25) is 0 Å². The fourth-order valence-corrected chi connectivity index (χ4v) is 0. The average Bonchev–Trinajstić information content (AvgIpc) is 1.38. The first kappa shape index (κ1) is 5.39. The normalized spacial score (nSPS) is 9.60. The second kappa shape index (κ2) is 2.62. The van der Waals surface area contributed by atoms with Crippen molar-refractivity contribution < 1.29 is 0 Å². The van der Waals surface area contributed by atoms with Crippen molar-refractivity contribution >= 4 is 9.39 Å². The van der Waals surface area contributed by atoms with Crippen molar-refractivity contribution in [1.82, 2.24) is 4.67 Å². The predicted molar refractivity (Wildman–Crippen MR) is 26.6 cm³/mol. The van der Waals surface area contributed by atoms with Crippen LogP contribution < -0.4 is 0 Å². The monoisotopic (exact) mass is 90.0 g/mol. The molecule has 1 nitrogen and oxygen atoms in total. The summed E-state index contributed by atoms with van der Waals surface area (Å²) in [5, 5.41) is 0. The Labute approximate surface area is 35.6 Å². The molecule has 0 amide bonds. The van der Waals surface area contributed by atoms with E-state index < -0.39 is 0 Å². The number of hydrogen-bond donors (Lipinski definition) is 0. The third-order valence-electron chi connectivity index (χ3n) is 0.474. The molecule has 0 N–H and O–H groups in total. The SMILES string of the molecule is CCN(C)[PH]. The summed E-state index contributed by atoms with van der Waals surface area (Å²) in [4.78, 5) is 0. The van der Waals surface area contributed by atoms with Crippen molar-refractivity contribution in [3.63, 3.8) is 0 Å². The maximum atomic E-state index is 3.25. The molecule has 0 saturated heterocycles. The second-order valence-corrected chi connectivity index (χ2v) is 1.78. The standard InChI is InChI=1S/C3H9NP/c1-3-4(2)5/h5H,3H2,1-2H3. The lowest BCUT2D eigenvalue weighted by Gasteiger charge is -1.98. The fourth-order valence-electron chi connectivity index (χ4n) is 0. The lowest BCUT2D eigenvalue weighted by molar-refractivity contribution is 0.602. The Hall–Kier alpha value is 0.390. The van der Waals surface area contributed by atoms with E-state index in [0.29, 0.717) is 0 Å². The van der Waals surface area contributed by atoms with Crippen molar-refractivity contribution in [1.29, 1.82) is 0 Å². The molecule has 2 heteroatoms. The minimum atomic E-state index is 1.05. The molecule has 5 heavy (non-hydrogen) atoms. The Bertz CT molecular complexity index is 20.9. The third kappa shape index (κ3) is 4.39. The maximum absolute atomic E-state index is 3.25. The molecule has 0 aromatic heterocycles. The van der Waals surface area contributed by atoms with Crippen LogP contribution in [0.1, 0.15) is 6.92 Å². The van der Waals surface area contributed by atoms with Crippen molar-refractivity contribution in [2.24, 2.45) is 0 Å². The van der Waals surface area contributed by atoms with Crippen LogP contribution in [-0.2, 0) is 0 Å². The summed E-state index contributed by atoms with van der Waals surface area (Å²) in [6.45, 7) is 3.13. The van der Waals surface area contributed by atoms with Crippen LogP contribution in [0.3, 0.4) is 0 Å². The van der Waals surface area contributed by atoms with Gasteiger partial charge in [0.25, 0.3) is 0 Å². The van der Waals surface area contributed by atoms with E-state index in [0.717, 1.165) is 6.54 Å². The first-order valence-corrected chi connectivity index (χ1v) is 2.14. The molecule has 0 atom stereocenters. The van der Waals surface area contributed by atoms with Gasteiger partial charge in [-0.3, -0.25) is 4.67 Å². The highest BCUT2D eigenvalue weighted by Gasteiger charge is 1.73. The summed E-state index contributed by atoms with van der Waals surface area (Å²) in [5.41, 5.74) is 0. The molecule has 31 valence electrons. The summed E-state index contributed by atoms with van der Waals surface area (Å²) in [5.74, 6) is 0. The summed E-state index contributed by atoms with van der Waals surface area (Å²) >= 11 is 0. The van der Waals surface area contributed by atoms with Gasteiger partial charge < -0.3 is 0 Å². The van der Waals surface area contributed by atoms with Gasteiger partial charge in [-0.15, -0.1) is 0 Å². The number of rotatable bonds is 1. The Morgan fingerprint density at radius 2 is 2.00 bits per heavy atom. The third-order valence-corrected chi connectivity index (χ3v) is 0.791. The van der Waals surface area contributed by atoms with E-state index in [-0.39, 0.29) is 0 Å². The first-order chi connectivity index (χ1) is 2.27. The lowest BCUT2D eigenvalue weighted by atomic mass is 10.8. The molecular formula is C3H9NP. The summed E-state index contributed by atoms with van der Waals surface area (Å²) < 4.78 is 1.93. The summed E-state index contributed by atoms with van der Waals surface area (Å²) in [6.07, 6.45) is 0. The van der Waals surface area contributed by atoms with Crippen LogP contribution in [0.4, 0.5) is 0 Å². The largest absolute Gasteiger partial charge is 0.284 e. The van der Waals surface area contributed by atoms with Crippen LogP contribution in [0.25, 0.3) is 0 Å². The van der Waals surface area contributed by atoms with E-state index >= 15 is 0 Å². The van der Waals surface area contributed by atoms with Crippen molar-refractivity contribution in [3.05, 3.63) is 0 Å². The van der Waals surface area contributed by atoms with E-state index in [1.165, 1.54) is 0 Å². The predicted octanol–water partition coefficient (Wildman–Crippen LogP) is 0.996. The molecule has 0 rings (SSSR count). The molecule has 0 fully saturated rings. The highest BCUT2D eigenvalue weighted by Crippen LogP contribution is 1.86. The van der Waals surface area contributed by atoms with Crippen molar-refractivity contribution in [2.45, 2.75) is 6.92 Å². The molecule has 0 aliphatic carbocycles. The highest BCUT2D eigenvalue weighted by atomic mass is 31.0. The van der Waals surface area contributed by atoms with Gasteiger partial charge in [-0.2, -0.15) is 0 Å². The number of nitrogens with zero attached hydrogens (tertiary/aromatic N) is 1. The van der Waals surface area contributed by atoms with E-state index in [9.17, 15) is 0 Å². The second-order valence-electron chi connectivity index (χ2n) is 1.01. The zero-order chi connectivity index (χ0) is 4.28. The van der Waals surface area contributed by atoms with Crippen LogP contribution in [0, 0.1) is 0 Å². The minimum Gasteiger partial charge on any atom is -0.284 e. The van der Waals surface area contributed by atoms with Crippen LogP contribution in [-0.4, -0.2) is 18.3 Å². The minimum absolute atomic E-state index is 1.05. The summed E-state index contributed by atoms with van der Waals surface area (Å²) in [7, 11) is 5.22. The molecule has 0 heterocycles. The molecule has 0 aliphatic heterocycles. The Morgan fingerprint density at radius 3 is 2.00 bits per heavy atom. The van der Waals surface area contributed by atoms with Gasteiger partial charge in [0.15, 0.2) is 0 Å². The Balaban J connectivity index is 2.54. The van der Waals surface area contributed by atoms with Crippen LogP contribution in [0.5, 0.6) is 0 Å². The van der Waals surface area contributed by atoms with E-state index in [1.807, 2.05) is 11.7 Å². The molecule has 1 radical (unpaired) electrons. The highest BCUT2D eigenvalue weighted by molar-refractivity contribution is 7.13. The lowest BCUT2D eigenvalue weighted by Crippen LogP contribution is -1.99. The van der Waals surface area contributed by atoms with E-state index in [2.05, 4.69) is 16.3 Å².